The molecule has 0 aliphatic carbocycles. The fraction of sp³-hybridized carbons (Fsp3) is 0.571. The molecule has 0 unspecified atom stereocenters. The molecule has 0 heterocycles. The largest absolute Gasteiger partial charge is 0.505 e. The van der Waals surface area contributed by atoms with Crippen molar-refractivity contribution in [3.05, 3.63) is 22.2 Å². The summed E-state index contributed by atoms with van der Waals surface area (Å²) in [6, 6.07) is 2.55. The molecule has 0 aliphatic rings. The maximum Gasteiger partial charge on any atom is 0.276 e. The fourth-order valence-electron chi connectivity index (χ4n) is 2.14. The molecule has 0 atom stereocenters. The van der Waals surface area contributed by atoms with E-state index in [-0.39, 0.29) is 11.4 Å². The predicted octanol–water partition coefficient (Wildman–Crippen LogP) is 3.70. The molecule has 1 N–H and O–H groups in total. The molecule has 0 aliphatic heterocycles. The van der Waals surface area contributed by atoms with Gasteiger partial charge in [-0.25, -0.2) is 0 Å². The van der Waals surface area contributed by atoms with Crippen LogP contribution in [0.15, 0.2) is 12.1 Å². The summed E-state index contributed by atoms with van der Waals surface area (Å²) in [4.78, 5) is 12.4. The molecule has 0 aromatic heterocycles. The first-order chi connectivity index (χ1) is 10.0. The lowest BCUT2D eigenvalue weighted by atomic mass is 10.2. The van der Waals surface area contributed by atoms with Crippen molar-refractivity contribution < 1.29 is 14.8 Å². The van der Waals surface area contributed by atoms with Gasteiger partial charge in [-0.1, -0.05) is 29.8 Å². The first kappa shape index (κ1) is 17.6. The second-order valence-electron chi connectivity index (χ2n) is 4.59. The number of benzene rings is 1. The Morgan fingerprint density at radius 1 is 1.33 bits per heavy atom. The smallest absolute Gasteiger partial charge is 0.276 e. The van der Waals surface area contributed by atoms with Crippen LogP contribution in [0.4, 0.5) is 11.4 Å². The number of phenols is 1. The number of anilines is 1. The molecule has 7 heteroatoms. The van der Waals surface area contributed by atoms with E-state index in [0.29, 0.717) is 23.4 Å². The van der Waals surface area contributed by atoms with E-state index < -0.39 is 4.92 Å². The highest BCUT2D eigenvalue weighted by Gasteiger charge is 2.21. The molecule has 0 spiro atoms. The molecule has 1 aromatic rings. The Morgan fingerprint density at radius 3 is 2.43 bits per heavy atom. The SMILES string of the molecule is CCCN(CCC)c1c(O)cc([N+](=O)[O-])cc1OCCBr. The molecule has 1 rings (SSSR count). The van der Waals surface area contributed by atoms with Crippen molar-refractivity contribution in [3.63, 3.8) is 0 Å². The molecule has 0 amide bonds. The highest BCUT2D eigenvalue weighted by atomic mass is 79.9. The summed E-state index contributed by atoms with van der Waals surface area (Å²) in [5.74, 6) is 0.235. The molecule has 0 saturated heterocycles. The van der Waals surface area contributed by atoms with E-state index in [9.17, 15) is 15.2 Å². The van der Waals surface area contributed by atoms with Crippen molar-refractivity contribution in [1.82, 2.24) is 0 Å². The highest BCUT2D eigenvalue weighted by Crippen LogP contribution is 2.41. The van der Waals surface area contributed by atoms with Gasteiger partial charge < -0.3 is 14.7 Å². The zero-order valence-electron chi connectivity index (χ0n) is 12.3. The summed E-state index contributed by atoms with van der Waals surface area (Å²) in [6.45, 7) is 5.97. The van der Waals surface area contributed by atoms with E-state index in [2.05, 4.69) is 15.9 Å². The van der Waals surface area contributed by atoms with Crippen molar-refractivity contribution in [3.8, 4) is 11.5 Å². The summed E-state index contributed by atoms with van der Waals surface area (Å²) in [5.41, 5.74) is 0.360. The van der Waals surface area contributed by atoms with Gasteiger partial charge in [0, 0.05) is 18.4 Å². The van der Waals surface area contributed by atoms with Crippen LogP contribution in [-0.4, -0.2) is 35.1 Å². The Labute approximate surface area is 133 Å². The zero-order valence-corrected chi connectivity index (χ0v) is 13.9. The number of non-ortho nitro benzene ring substituents is 1. The number of halogens is 1. The topological polar surface area (TPSA) is 75.8 Å². The summed E-state index contributed by atoms with van der Waals surface area (Å²) >= 11 is 3.26. The van der Waals surface area contributed by atoms with Crippen LogP contribution in [0.1, 0.15) is 26.7 Å². The molecule has 0 bridgehead atoms. The Kier molecular flexibility index (Phi) is 7.28. The number of nitrogens with zero attached hydrogens (tertiary/aromatic N) is 2. The van der Waals surface area contributed by atoms with Gasteiger partial charge in [0.05, 0.1) is 23.7 Å². The lowest BCUT2D eigenvalue weighted by molar-refractivity contribution is -0.385. The molecule has 6 nitrogen and oxygen atoms in total. The van der Waals surface area contributed by atoms with Crippen molar-refractivity contribution in [2.75, 3.05) is 29.9 Å². The van der Waals surface area contributed by atoms with Crippen LogP contribution in [-0.2, 0) is 0 Å². The number of alkyl halides is 1. The van der Waals surface area contributed by atoms with Gasteiger partial charge in [0.25, 0.3) is 5.69 Å². The van der Waals surface area contributed by atoms with Crippen LogP contribution in [0.25, 0.3) is 0 Å². The number of hydrogen-bond donors (Lipinski definition) is 1. The van der Waals surface area contributed by atoms with Crippen molar-refractivity contribution in [2.24, 2.45) is 0 Å². The Morgan fingerprint density at radius 2 is 1.95 bits per heavy atom. The summed E-state index contributed by atoms with van der Waals surface area (Å²) < 4.78 is 5.58. The third-order valence-corrected chi connectivity index (χ3v) is 3.21. The van der Waals surface area contributed by atoms with E-state index in [1.54, 1.807) is 0 Å². The van der Waals surface area contributed by atoms with Crippen LogP contribution >= 0.6 is 15.9 Å². The Bertz CT molecular complexity index is 476. The molecular weight excluding hydrogens is 340 g/mol. The van der Waals surface area contributed by atoms with Gasteiger partial charge in [0.1, 0.15) is 11.4 Å². The molecular formula is C14H21BrN2O4. The number of phenolic OH excluding ortho intramolecular Hbond substituents is 1. The maximum atomic E-state index is 10.9. The van der Waals surface area contributed by atoms with Crippen molar-refractivity contribution in [2.45, 2.75) is 26.7 Å². The van der Waals surface area contributed by atoms with Crippen LogP contribution in [0.5, 0.6) is 11.5 Å². The molecule has 118 valence electrons. The highest BCUT2D eigenvalue weighted by molar-refractivity contribution is 9.09. The van der Waals surface area contributed by atoms with E-state index in [1.165, 1.54) is 12.1 Å². The molecule has 0 radical (unpaired) electrons. The number of aromatic hydroxyl groups is 1. The summed E-state index contributed by atoms with van der Waals surface area (Å²) in [7, 11) is 0. The predicted molar refractivity (Wildman–Crippen MR) is 86.8 cm³/mol. The first-order valence-electron chi connectivity index (χ1n) is 7.00. The second-order valence-corrected chi connectivity index (χ2v) is 5.39. The number of rotatable bonds is 9. The van der Waals surface area contributed by atoms with Gasteiger partial charge in [-0.3, -0.25) is 10.1 Å². The van der Waals surface area contributed by atoms with E-state index >= 15 is 0 Å². The molecule has 1 aromatic carbocycles. The average Bonchev–Trinajstić information content (AvgIpc) is 2.44. The van der Waals surface area contributed by atoms with Gasteiger partial charge in [-0.15, -0.1) is 0 Å². The lowest BCUT2D eigenvalue weighted by Gasteiger charge is -2.26. The van der Waals surface area contributed by atoms with Gasteiger partial charge >= 0.3 is 0 Å². The number of nitro benzene ring substituents is 1. The number of hydrogen-bond acceptors (Lipinski definition) is 5. The number of nitro groups is 1. The summed E-state index contributed by atoms with van der Waals surface area (Å²) in [6.07, 6.45) is 1.82. The lowest BCUT2D eigenvalue weighted by Crippen LogP contribution is -2.25. The zero-order chi connectivity index (χ0) is 15.8. The first-order valence-corrected chi connectivity index (χ1v) is 8.12. The minimum atomic E-state index is -0.533. The van der Waals surface area contributed by atoms with Gasteiger partial charge in [-0.2, -0.15) is 0 Å². The minimum absolute atomic E-state index is 0.115. The summed E-state index contributed by atoms with van der Waals surface area (Å²) in [5, 5.41) is 21.7. The normalized spacial score (nSPS) is 10.4. The maximum absolute atomic E-state index is 10.9. The van der Waals surface area contributed by atoms with Crippen LogP contribution < -0.4 is 9.64 Å². The Balaban J connectivity index is 3.27. The van der Waals surface area contributed by atoms with Gasteiger partial charge in [0.15, 0.2) is 5.75 Å². The molecule has 0 saturated carbocycles. The second kappa shape index (κ2) is 8.71. The fourth-order valence-corrected chi connectivity index (χ4v) is 2.30. The molecule has 21 heavy (non-hydrogen) atoms. The molecule has 0 fully saturated rings. The third-order valence-electron chi connectivity index (χ3n) is 2.89. The quantitative estimate of drug-likeness (QED) is 0.412. The average molecular weight is 361 g/mol. The van der Waals surface area contributed by atoms with Crippen molar-refractivity contribution >= 4 is 27.3 Å². The van der Waals surface area contributed by atoms with Crippen LogP contribution in [0.3, 0.4) is 0 Å². The monoisotopic (exact) mass is 360 g/mol. The Hall–Kier alpha value is -1.50. The minimum Gasteiger partial charge on any atom is -0.505 e. The van der Waals surface area contributed by atoms with Crippen LogP contribution in [0.2, 0.25) is 0 Å². The van der Waals surface area contributed by atoms with E-state index in [1.807, 2.05) is 18.7 Å². The van der Waals surface area contributed by atoms with E-state index in [0.717, 1.165) is 25.9 Å². The van der Waals surface area contributed by atoms with Gasteiger partial charge in [-0.05, 0) is 12.8 Å². The van der Waals surface area contributed by atoms with Crippen LogP contribution in [0, 0.1) is 10.1 Å². The van der Waals surface area contributed by atoms with E-state index in [4.69, 9.17) is 4.74 Å². The number of ether oxygens (including phenoxy) is 1. The van der Waals surface area contributed by atoms with Crippen molar-refractivity contribution in [1.29, 1.82) is 0 Å². The standard InChI is InChI=1S/C14H21BrN2O4/c1-3-6-16(7-4-2)14-12(18)9-11(17(19)20)10-13(14)21-8-5-15/h9-10,18H,3-8H2,1-2H3. The van der Waals surface area contributed by atoms with Gasteiger partial charge in [0.2, 0.25) is 0 Å². The third kappa shape index (κ3) is 4.77.